The second-order valence-corrected chi connectivity index (χ2v) is 6.11. The molecule has 0 aromatic carbocycles. The Morgan fingerprint density at radius 3 is 2.58 bits per heavy atom. The molecule has 0 aliphatic rings. The summed E-state index contributed by atoms with van der Waals surface area (Å²) in [6, 6.07) is 1.76. The van der Waals surface area contributed by atoms with Crippen LogP contribution in [0, 0.1) is 20.8 Å². The summed E-state index contributed by atoms with van der Waals surface area (Å²) in [6.45, 7) is 8.25. The van der Waals surface area contributed by atoms with Crippen LogP contribution in [0.3, 0.4) is 0 Å². The molecule has 1 N–H and O–H groups in total. The van der Waals surface area contributed by atoms with Gasteiger partial charge in [0.15, 0.2) is 11.5 Å². The first kappa shape index (κ1) is 16.4. The van der Waals surface area contributed by atoms with Crippen molar-refractivity contribution in [3.8, 4) is 0 Å². The van der Waals surface area contributed by atoms with Crippen LogP contribution in [0.2, 0.25) is 5.02 Å². The van der Waals surface area contributed by atoms with Crippen molar-refractivity contribution in [2.24, 2.45) is 7.05 Å². The van der Waals surface area contributed by atoms with Gasteiger partial charge in [0.2, 0.25) is 0 Å². The fourth-order valence-electron chi connectivity index (χ4n) is 2.72. The SMILES string of the molecule is CCn1nc(C)c2c(C(=O)Nc3nn(C)c(C)c3Cl)cc(C)nc21. The third kappa shape index (κ3) is 2.54. The summed E-state index contributed by atoms with van der Waals surface area (Å²) in [6.07, 6.45) is 0. The molecule has 1 amide bonds. The van der Waals surface area contributed by atoms with Crippen LogP contribution in [-0.2, 0) is 13.6 Å². The minimum absolute atomic E-state index is 0.274. The van der Waals surface area contributed by atoms with Crippen LogP contribution in [0.15, 0.2) is 6.07 Å². The zero-order valence-corrected chi connectivity index (χ0v) is 15.1. The largest absolute Gasteiger partial charge is 0.304 e. The summed E-state index contributed by atoms with van der Waals surface area (Å²) in [4.78, 5) is 17.3. The van der Waals surface area contributed by atoms with Crippen molar-refractivity contribution in [2.75, 3.05) is 5.32 Å². The number of nitrogens with zero attached hydrogens (tertiary/aromatic N) is 5. The number of carbonyl (C=O) groups excluding carboxylic acids is 1. The maximum Gasteiger partial charge on any atom is 0.257 e. The molecular weight excluding hydrogens is 328 g/mol. The van der Waals surface area contributed by atoms with Gasteiger partial charge in [-0.05, 0) is 33.8 Å². The number of carbonyl (C=O) groups is 1. The average molecular weight is 347 g/mol. The van der Waals surface area contributed by atoms with Gasteiger partial charge in [0.25, 0.3) is 5.91 Å². The molecule has 8 heteroatoms. The molecule has 7 nitrogen and oxygen atoms in total. The summed E-state index contributed by atoms with van der Waals surface area (Å²) in [5, 5.41) is 12.7. The first-order valence-corrected chi connectivity index (χ1v) is 8.06. The molecule has 126 valence electrons. The molecule has 0 saturated carbocycles. The summed E-state index contributed by atoms with van der Waals surface area (Å²) in [5.74, 6) is 0.0778. The van der Waals surface area contributed by atoms with E-state index in [0.717, 1.165) is 22.5 Å². The molecule has 3 aromatic rings. The van der Waals surface area contributed by atoms with Crippen LogP contribution >= 0.6 is 11.6 Å². The van der Waals surface area contributed by atoms with Gasteiger partial charge in [-0.15, -0.1) is 0 Å². The van der Waals surface area contributed by atoms with Gasteiger partial charge in [-0.1, -0.05) is 11.6 Å². The third-order valence-corrected chi connectivity index (χ3v) is 4.49. The molecule has 0 bridgehead atoms. The summed E-state index contributed by atoms with van der Waals surface area (Å²) < 4.78 is 3.43. The van der Waals surface area contributed by atoms with Crippen molar-refractivity contribution in [1.29, 1.82) is 0 Å². The minimum Gasteiger partial charge on any atom is -0.304 e. The normalized spacial score (nSPS) is 11.2. The average Bonchev–Trinajstić information content (AvgIpc) is 2.98. The lowest BCUT2D eigenvalue weighted by atomic mass is 10.1. The quantitative estimate of drug-likeness (QED) is 0.790. The Kier molecular flexibility index (Phi) is 4.04. The van der Waals surface area contributed by atoms with E-state index in [1.807, 2.05) is 27.7 Å². The molecule has 0 fully saturated rings. The molecule has 0 saturated heterocycles. The monoisotopic (exact) mass is 346 g/mol. The zero-order valence-electron chi connectivity index (χ0n) is 14.3. The van der Waals surface area contributed by atoms with E-state index in [0.29, 0.717) is 28.6 Å². The zero-order chi connectivity index (χ0) is 17.6. The molecule has 0 radical (unpaired) electrons. The maximum absolute atomic E-state index is 12.8. The lowest BCUT2D eigenvalue weighted by molar-refractivity contribution is 0.102. The number of pyridine rings is 1. The first-order valence-electron chi connectivity index (χ1n) is 7.68. The molecule has 0 aliphatic carbocycles. The lowest BCUT2D eigenvalue weighted by Crippen LogP contribution is -2.14. The Morgan fingerprint density at radius 2 is 2.00 bits per heavy atom. The van der Waals surface area contributed by atoms with Gasteiger partial charge in [0.1, 0.15) is 5.02 Å². The Morgan fingerprint density at radius 1 is 1.29 bits per heavy atom. The topological polar surface area (TPSA) is 77.6 Å². The van der Waals surface area contributed by atoms with Crippen LogP contribution in [0.1, 0.15) is 34.4 Å². The number of aromatic nitrogens is 5. The highest BCUT2D eigenvalue weighted by atomic mass is 35.5. The number of rotatable bonds is 3. The van der Waals surface area contributed by atoms with E-state index in [1.54, 1.807) is 22.5 Å². The Bertz CT molecular complexity index is 956. The number of fused-ring (bicyclic) bond motifs is 1. The number of aryl methyl sites for hydroxylation is 4. The van der Waals surface area contributed by atoms with Crippen molar-refractivity contribution >= 4 is 34.4 Å². The molecule has 3 heterocycles. The Labute approximate surface area is 144 Å². The van der Waals surface area contributed by atoms with Crippen molar-refractivity contribution in [3.63, 3.8) is 0 Å². The number of halogens is 1. The van der Waals surface area contributed by atoms with E-state index in [4.69, 9.17) is 11.6 Å². The predicted octanol–water partition coefficient (Wildman–Crippen LogP) is 3.02. The molecule has 0 atom stereocenters. The summed E-state index contributed by atoms with van der Waals surface area (Å²) in [7, 11) is 1.78. The summed E-state index contributed by atoms with van der Waals surface area (Å²) >= 11 is 6.23. The van der Waals surface area contributed by atoms with Gasteiger partial charge in [-0.3, -0.25) is 9.48 Å². The number of amides is 1. The molecule has 3 rings (SSSR count). The smallest absolute Gasteiger partial charge is 0.257 e. The predicted molar refractivity (Wildman–Crippen MR) is 93.6 cm³/mol. The number of hydrogen-bond donors (Lipinski definition) is 1. The third-order valence-electron chi connectivity index (χ3n) is 4.04. The van der Waals surface area contributed by atoms with Gasteiger partial charge < -0.3 is 5.32 Å². The lowest BCUT2D eigenvalue weighted by Gasteiger charge is -2.06. The van der Waals surface area contributed by atoms with E-state index in [9.17, 15) is 4.79 Å². The molecule has 0 aliphatic heterocycles. The standard InChI is InChI=1S/C16H19ClN6O/c1-6-23-15-12(9(3)20-23)11(7-8(2)18-15)16(24)19-14-13(17)10(4)22(5)21-14/h7H,6H2,1-5H3,(H,19,21,24). The highest BCUT2D eigenvalue weighted by molar-refractivity contribution is 6.34. The highest BCUT2D eigenvalue weighted by Gasteiger charge is 2.20. The van der Waals surface area contributed by atoms with E-state index >= 15 is 0 Å². The van der Waals surface area contributed by atoms with Crippen LogP contribution < -0.4 is 5.32 Å². The van der Waals surface area contributed by atoms with E-state index in [2.05, 4.69) is 20.5 Å². The molecule has 0 unspecified atom stereocenters. The summed E-state index contributed by atoms with van der Waals surface area (Å²) in [5.41, 5.74) is 3.55. The van der Waals surface area contributed by atoms with Gasteiger partial charge in [-0.2, -0.15) is 10.2 Å². The molecule has 3 aromatic heterocycles. The van der Waals surface area contributed by atoms with E-state index in [1.165, 1.54) is 0 Å². The van der Waals surface area contributed by atoms with E-state index < -0.39 is 0 Å². The molecular formula is C16H19ClN6O. The van der Waals surface area contributed by atoms with Crippen LogP contribution in [0.5, 0.6) is 0 Å². The van der Waals surface area contributed by atoms with Gasteiger partial charge >= 0.3 is 0 Å². The van der Waals surface area contributed by atoms with Gasteiger partial charge in [0.05, 0.1) is 22.3 Å². The number of nitrogens with one attached hydrogen (secondary N) is 1. The van der Waals surface area contributed by atoms with E-state index in [-0.39, 0.29) is 5.91 Å². The first-order chi connectivity index (χ1) is 11.3. The Hall–Kier alpha value is -2.41. The van der Waals surface area contributed by atoms with Crippen LogP contribution in [-0.4, -0.2) is 30.5 Å². The molecule has 0 spiro atoms. The van der Waals surface area contributed by atoms with Crippen molar-refractivity contribution in [2.45, 2.75) is 34.2 Å². The minimum atomic E-state index is -0.274. The maximum atomic E-state index is 12.8. The second kappa shape index (κ2) is 5.90. The Balaban J connectivity index is 2.10. The second-order valence-electron chi connectivity index (χ2n) is 5.74. The fourth-order valence-corrected chi connectivity index (χ4v) is 2.92. The number of hydrogen-bond acceptors (Lipinski definition) is 4. The van der Waals surface area contributed by atoms with Crippen LogP contribution in [0.25, 0.3) is 11.0 Å². The van der Waals surface area contributed by atoms with Crippen molar-refractivity contribution in [1.82, 2.24) is 24.5 Å². The van der Waals surface area contributed by atoms with Gasteiger partial charge in [0, 0.05) is 19.3 Å². The van der Waals surface area contributed by atoms with Crippen LogP contribution in [0.4, 0.5) is 5.82 Å². The van der Waals surface area contributed by atoms with Crippen molar-refractivity contribution < 1.29 is 4.79 Å². The van der Waals surface area contributed by atoms with Crippen molar-refractivity contribution in [3.05, 3.63) is 33.7 Å². The number of anilines is 1. The molecule has 24 heavy (non-hydrogen) atoms. The fraction of sp³-hybridized carbons (Fsp3) is 0.375. The van der Waals surface area contributed by atoms with Gasteiger partial charge in [-0.25, -0.2) is 9.67 Å². The highest BCUT2D eigenvalue weighted by Crippen LogP contribution is 2.27.